The van der Waals surface area contributed by atoms with Gasteiger partial charge >= 0.3 is 11.9 Å². The second-order valence-electron chi connectivity index (χ2n) is 7.54. The van der Waals surface area contributed by atoms with Crippen LogP contribution in [0.2, 0.25) is 0 Å². The fourth-order valence-corrected chi connectivity index (χ4v) is 3.72. The Bertz CT molecular complexity index is 693. The first kappa shape index (κ1) is 19.5. The maximum absolute atomic E-state index is 12.4. The van der Waals surface area contributed by atoms with Crippen LogP contribution in [-0.2, 0) is 24.5 Å². The predicted molar refractivity (Wildman–Crippen MR) is 97.7 cm³/mol. The molecule has 4 nitrogen and oxygen atoms in total. The van der Waals surface area contributed by atoms with Crippen molar-refractivity contribution in [2.45, 2.75) is 66.2 Å². The zero-order valence-electron chi connectivity index (χ0n) is 16.5. The van der Waals surface area contributed by atoms with E-state index in [9.17, 15) is 9.59 Å². The van der Waals surface area contributed by atoms with Crippen molar-refractivity contribution in [3.05, 3.63) is 34.4 Å². The number of aryl methyl sites for hydroxylation is 1. The van der Waals surface area contributed by atoms with E-state index < -0.39 is 5.41 Å². The lowest BCUT2D eigenvalue weighted by molar-refractivity contribution is -0.149. The molecule has 0 heterocycles. The molecule has 138 valence electrons. The second-order valence-corrected chi connectivity index (χ2v) is 7.54. The van der Waals surface area contributed by atoms with Crippen LogP contribution >= 0.6 is 0 Å². The average Bonchev–Trinajstić information content (AvgIpc) is 3.14. The van der Waals surface area contributed by atoms with E-state index in [1.807, 2.05) is 41.5 Å². The highest BCUT2D eigenvalue weighted by Crippen LogP contribution is 2.65. The largest absolute Gasteiger partial charge is 0.466 e. The van der Waals surface area contributed by atoms with Crippen molar-refractivity contribution in [2.75, 3.05) is 13.2 Å². The Balaban J connectivity index is 2.42. The van der Waals surface area contributed by atoms with Crippen LogP contribution in [0.1, 0.15) is 69.2 Å². The summed E-state index contributed by atoms with van der Waals surface area (Å²) in [5.74, 6) is -0.679. The highest BCUT2D eigenvalue weighted by atomic mass is 16.5. The molecule has 1 aromatic carbocycles. The molecule has 2 rings (SSSR count). The van der Waals surface area contributed by atoms with Crippen molar-refractivity contribution >= 4 is 11.9 Å². The molecule has 0 saturated heterocycles. The number of hydrogen-bond donors (Lipinski definition) is 0. The molecule has 1 aromatic rings. The van der Waals surface area contributed by atoms with E-state index in [2.05, 4.69) is 19.1 Å². The van der Waals surface area contributed by atoms with Crippen LogP contribution in [0.5, 0.6) is 0 Å². The molecule has 1 fully saturated rings. The van der Waals surface area contributed by atoms with Crippen LogP contribution in [0, 0.1) is 19.3 Å². The molecule has 1 saturated carbocycles. The molecule has 0 aromatic heterocycles. The summed E-state index contributed by atoms with van der Waals surface area (Å²) in [5, 5.41) is 0. The summed E-state index contributed by atoms with van der Waals surface area (Å²) in [6, 6.07) is 4.22. The molecule has 0 spiro atoms. The third kappa shape index (κ3) is 3.19. The topological polar surface area (TPSA) is 52.6 Å². The summed E-state index contributed by atoms with van der Waals surface area (Å²) < 4.78 is 10.5. The smallest absolute Gasteiger partial charge is 0.313 e. The summed E-state index contributed by atoms with van der Waals surface area (Å²) in [6.07, 6.45) is 0.758. The van der Waals surface area contributed by atoms with Crippen molar-refractivity contribution in [1.29, 1.82) is 0 Å². The Morgan fingerprint density at radius 2 is 1.72 bits per heavy atom. The third-order valence-corrected chi connectivity index (χ3v) is 5.98. The predicted octanol–water partition coefficient (Wildman–Crippen LogP) is 4.20. The van der Waals surface area contributed by atoms with E-state index >= 15 is 0 Å². The molecule has 3 atom stereocenters. The van der Waals surface area contributed by atoms with Gasteiger partial charge in [0.05, 0.1) is 24.5 Å². The number of rotatable bonds is 6. The maximum atomic E-state index is 12.4. The van der Waals surface area contributed by atoms with E-state index in [1.165, 1.54) is 0 Å². The van der Waals surface area contributed by atoms with Gasteiger partial charge in [0.2, 0.25) is 0 Å². The third-order valence-electron chi connectivity index (χ3n) is 5.98. The van der Waals surface area contributed by atoms with Gasteiger partial charge in [0.25, 0.3) is 0 Å². The number of esters is 2. The monoisotopic (exact) mass is 346 g/mol. The van der Waals surface area contributed by atoms with Gasteiger partial charge in [-0.25, -0.2) is 0 Å². The first-order chi connectivity index (χ1) is 11.6. The number of benzene rings is 1. The van der Waals surface area contributed by atoms with Gasteiger partial charge in [-0.2, -0.15) is 0 Å². The van der Waals surface area contributed by atoms with Gasteiger partial charge in [-0.15, -0.1) is 0 Å². The molecule has 0 radical (unpaired) electrons. The lowest BCUT2D eigenvalue weighted by Gasteiger charge is -2.22. The number of ether oxygens (including phenoxy) is 2. The fraction of sp³-hybridized carbons (Fsp3) is 0.619. The Kier molecular flexibility index (Phi) is 5.31. The maximum Gasteiger partial charge on any atom is 0.313 e. The van der Waals surface area contributed by atoms with Crippen molar-refractivity contribution in [2.24, 2.45) is 5.41 Å². The minimum atomic E-state index is -0.505. The van der Waals surface area contributed by atoms with Crippen molar-refractivity contribution in [3.8, 4) is 0 Å². The first-order valence-electron chi connectivity index (χ1n) is 9.07. The van der Waals surface area contributed by atoms with Gasteiger partial charge in [0, 0.05) is 5.41 Å². The molecule has 0 bridgehead atoms. The fourth-order valence-electron chi connectivity index (χ4n) is 3.72. The normalized spacial score (nSPS) is 26.0. The molecule has 1 aliphatic rings. The first-order valence-corrected chi connectivity index (χ1v) is 9.07. The van der Waals surface area contributed by atoms with Gasteiger partial charge in [-0.05, 0) is 70.2 Å². The minimum absolute atomic E-state index is 0.143. The molecule has 0 amide bonds. The summed E-state index contributed by atoms with van der Waals surface area (Å²) >= 11 is 0. The lowest BCUT2D eigenvalue weighted by Crippen LogP contribution is -2.25. The molecular weight excluding hydrogens is 316 g/mol. The van der Waals surface area contributed by atoms with Gasteiger partial charge < -0.3 is 9.47 Å². The zero-order chi connectivity index (χ0) is 19.0. The molecule has 0 aliphatic heterocycles. The van der Waals surface area contributed by atoms with E-state index in [4.69, 9.17) is 9.47 Å². The van der Waals surface area contributed by atoms with Gasteiger partial charge in [0.1, 0.15) is 0 Å². The van der Waals surface area contributed by atoms with Gasteiger partial charge in [0.15, 0.2) is 0 Å². The molecule has 4 heteroatoms. The van der Waals surface area contributed by atoms with E-state index in [0.717, 1.165) is 28.7 Å². The minimum Gasteiger partial charge on any atom is -0.466 e. The molecule has 0 N–H and O–H groups in total. The van der Waals surface area contributed by atoms with Crippen molar-refractivity contribution in [3.63, 3.8) is 0 Å². The molecule has 1 aliphatic carbocycles. The van der Waals surface area contributed by atoms with E-state index in [0.29, 0.717) is 13.2 Å². The van der Waals surface area contributed by atoms with Crippen LogP contribution in [0.3, 0.4) is 0 Å². The standard InChI is InChI=1S/C21H30O4/c1-8-24-18(22)15(5)17-11-16(10-13(3)14(17)4)20(6)12-21(20,7)19(23)25-9-2/h10-11,15H,8-9,12H2,1-7H3. The average molecular weight is 346 g/mol. The van der Waals surface area contributed by atoms with E-state index in [1.54, 1.807) is 0 Å². The summed E-state index contributed by atoms with van der Waals surface area (Å²) in [7, 11) is 0. The van der Waals surface area contributed by atoms with Crippen LogP contribution in [0.4, 0.5) is 0 Å². The Morgan fingerprint density at radius 3 is 2.28 bits per heavy atom. The van der Waals surface area contributed by atoms with Crippen molar-refractivity contribution in [1.82, 2.24) is 0 Å². The summed E-state index contributed by atoms with van der Waals surface area (Å²) in [5.41, 5.74) is 3.54. The summed E-state index contributed by atoms with van der Waals surface area (Å²) in [6.45, 7) is 14.4. The van der Waals surface area contributed by atoms with Gasteiger partial charge in [-0.1, -0.05) is 19.1 Å². The van der Waals surface area contributed by atoms with Crippen LogP contribution in [0.25, 0.3) is 0 Å². The van der Waals surface area contributed by atoms with E-state index in [-0.39, 0.29) is 23.3 Å². The molecule has 25 heavy (non-hydrogen) atoms. The quantitative estimate of drug-likeness (QED) is 0.724. The lowest BCUT2D eigenvalue weighted by atomic mass is 9.83. The highest BCUT2D eigenvalue weighted by molar-refractivity contribution is 5.84. The SMILES string of the molecule is CCOC(=O)C(C)c1cc(C2(C)CC2(C)C(=O)OCC)cc(C)c1C. The summed E-state index contributed by atoms with van der Waals surface area (Å²) in [4.78, 5) is 24.6. The van der Waals surface area contributed by atoms with Crippen molar-refractivity contribution < 1.29 is 19.1 Å². The Hall–Kier alpha value is -1.84. The molecular formula is C21H30O4. The Morgan fingerprint density at radius 1 is 1.12 bits per heavy atom. The zero-order valence-corrected chi connectivity index (χ0v) is 16.5. The number of carbonyl (C=O) groups excluding carboxylic acids is 2. The van der Waals surface area contributed by atoms with Crippen LogP contribution < -0.4 is 0 Å². The number of hydrogen-bond acceptors (Lipinski definition) is 4. The Labute approximate surface area is 150 Å². The van der Waals surface area contributed by atoms with Crippen LogP contribution in [-0.4, -0.2) is 25.2 Å². The van der Waals surface area contributed by atoms with Gasteiger partial charge in [-0.3, -0.25) is 9.59 Å². The number of carbonyl (C=O) groups is 2. The molecule has 3 unspecified atom stereocenters. The second kappa shape index (κ2) is 6.81. The van der Waals surface area contributed by atoms with Crippen LogP contribution in [0.15, 0.2) is 12.1 Å². The highest BCUT2D eigenvalue weighted by Gasteiger charge is 2.67.